The second-order valence-electron chi connectivity index (χ2n) is 3.91. The Morgan fingerprint density at radius 2 is 2.11 bits per heavy atom. The maximum Gasteiger partial charge on any atom is 0.189 e. The van der Waals surface area contributed by atoms with E-state index >= 15 is 0 Å². The molecule has 0 saturated carbocycles. The van der Waals surface area contributed by atoms with E-state index in [4.69, 9.17) is 5.73 Å². The van der Waals surface area contributed by atoms with Crippen LogP contribution in [0.5, 0.6) is 5.88 Å². The number of aromatic amines is 1. The zero-order valence-corrected chi connectivity index (χ0v) is 11.2. The van der Waals surface area contributed by atoms with Gasteiger partial charge in [0.15, 0.2) is 11.0 Å². The third-order valence-corrected chi connectivity index (χ3v) is 3.49. The van der Waals surface area contributed by atoms with Crippen LogP contribution in [-0.2, 0) is 0 Å². The molecule has 2 heterocycles. The van der Waals surface area contributed by atoms with E-state index in [1.165, 1.54) is 11.3 Å². The predicted molar refractivity (Wildman–Crippen MR) is 77.5 cm³/mol. The Hall–Kier alpha value is -1.72. The highest BCUT2D eigenvalue weighted by Crippen LogP contribution is 2.31. The summed E-state index contributed by atoms with van der Waals surface area (Å²) in [6.45, 7) is 2.00. The Labute approximate surface area is 114 Å². The van der Waals surface area contributed by atoms with Gasteiger partial charge >= 0.3 is 0 Å². The smallest absolute Gasteiger partial charge is 0.189 e. The zero-order valence-electron chi connectivity index (χ0n) is 9.60. The molecule has 0 aliphatic carbocycles. The van der Waals surface area contributed by atoms with Gasteiger partial charge in [0, 0.05) is 27.4 Å². The van der Waals surface area contributed by atoms with E-state index in [0.29, 0.717) is 5.13 Å². The first-order valence-electron chi connectivity index (χ1n) is 5.18. The third-order valence-electron chi connectivity index (χ3n) is 2.69. The van der Waals surface area contributed by atoms with Crippen molar-refractivity contribution in [1.82, 2.24) is 9.97 Å². The van der Waals surface area contributed by atoms with Crippen LogP contribution in [0.15, 0.2) is 24.3 Å². The summed E-state index contributed by atoms with van der Waals surface area (Å²) in [5, 5.41) is 10.9. The van der Waals surface area contributed by atoms with Crippen molar-refractivity contribution in [1.29, 1.82) is 0 Å². The number of hydrogen-bond acceptors (Lipinski definition) is 4. The number of fused-ring (bicyclic) bond motifs is 1. The van der Waals surface area contributed by atoms with Crippen LogP contribution in [0.4, 0.5) is 5.13 Å². The zero-order chi connectivity index (χ0) is 12.0. The normalized spacial score (nSPS) is 10.5. The van der Waals surface area contributed by atoms with Crippen molar-refractivity contribution in [2.45, 2.75) is 6.92 Å². The van der Waals surface area contributed by atoms with Gasteiger partial charge in [-0.2, -0.15) is 0 Å². The van der Waals surface area contributed by atoms with Crippen LogP contribution in [0.3, 0.4) is 0 Å². The summed E-state index contributed by atoms with van der Waals surface area (Å²) in [6, 6.07) is 7.59. The van der Waals surface area contributed by atoms with Crippen molar-refractivity contribution in [3.05, 3.63) is 29.1 Å². The number of nitrogens with two attached hydrogens (primary N) is 1. The molecule has 0 radical (unpaired) electrons. The van der Waals surface area contributed by atoms with Gasteiger partial charge in [0.1, 0.15) is 0 Å². The lowest BCUT2D eigenvalue weighted by molar-refractivity contribution is 0.458. The van der Waals surface area contributed by atoms with E-state index in [-0.39, 0.29) is 18.3 Å². The Kier molecular flexibility index (Phi) is 3.19. The molecule has 18 heavy (non-hydrogen) atoms. The van der Waals surface area contributed by atoms with Gasteiger partial charge in [-0.25, -0.2) is 4.98 Å². The average molecular weight is 282 g/mol. The van der Waals surface area contributed by atoms with Crippen LogP contribution in [-0.4, -0.2) is 15.1 Å². The molecular weight excluding hydrogens is 270 g/mol. The summed E-state index contributed by atoms with van der Waals surface area (Å²) in [5.41, 5.74) is 8.53. The standard InChI is InChI=1S/C12H11N3OS.ClH/c1-6-11(15-12(13)17-6)7-2-3-9-8(4-7)5-10(16)14-9;/h2-5,14,16H,1H3,(H2,13,15);1H. The van der Waals surface area contributed by atoms with Crippen LogP contribution in [0.1, 0.15) is 4.88 Å². The molecule has 0 aliphatic heterocycles. The largest absolute Gasteiger partial charge is 0.495 e. The van der Waals surface area contributed by atoms with E-state index in [2.05, 4.69) is 9.97 Å². The maximum absolute atomic E-state index is 9.39. The lowest BCUT2D eigenvalue weighted by Crippen LogP contribution is -1.83. The third kappa shape index (κ3) is 2.02. The summed E-state index contributed by atoms with van der Waals surface area (Å²) < 4.78 is 0. The fraction of sp³-hybridized carbons (Fsp3) is 0.0833. The highest BCUT2D eigenvalue weighted by molar-refractivity contribution is 7.15. The average Bonchev–Trinajstić information content (AvgIpc) is 2.78. The van der Waals surface area contributed by atoms with Gasteiger partial charge in [0.25, 0.3) is 0 Å². The molecule has 4 nitrogen and oxygen atoms in total. The van der Waals surface area contributed by atoms with Gasteiger partial charge in [0.05, 0.1) is 5.69 Å². The van der Waals surface area contributed by atoms with Gasteiger partial charge in [0.2, 0.25) is 0 Å². The number of nitrogens with zero attached hydrogens (tertiary/aromatic N) is 1. The first-order valence-corrected chi connectivity index (χ1v) is 6.00. The molecule has 94 valence electrons. The molecule has 0 saturated heterocycles. The Morgan fingerprint density at radius 3 is 2.78 bits per heavy atom. The van der Waals surface area contributed by atoms with Crippen LogP contribution in [0.25, 0.3) is 22.2 Å². The van der Waals surface area contributed by atoms with E-state index < -0.39 is 0 Å². The number of H-pyrrole nitrogens is 1. The molecule has 2 aromatic heterocycles. The van der Waals surface area contributed by atoms with Gasteiger partial charge < -0.3 is 15.8 Å². The molecule has 0 atom stereocenters. The van der Waals surface area contributed by atoms with Crippen molar-refractivity contribution in [2.75, 3.05) is 5.73 Å². The highest BCUT2D eigenvalue weighted by atomic mass is 35.5. The minimum absolute atomic E-state index is 0. The summed E-state index contributed by atoms with van der Waals surface area (Å²) in [7, 11) is 0. The number of benzene rings is 1. The van der Waals surface area contributed by atoms with Crippen LogP contribution < -0.4 is 5.73 Å². The van der Waals surface area contributed by atoms with Crippen LogP contribution in [0.2, 0.25) is 0 Å². The number of nitrogens with one attached hydrogen (secondary N) is 1. The van der Waals surface area contributed by atoms with Crippen LogP contribution >= 0.6 is 23.7 Å². The number of anilines is 1. The number of hydrogen-bond donors (Lipinski definition) is 3. The summed E-state index contributed by atoms with van der Waals surface area (Å²) in [5.74, 6) is 0.173. The predicted octanol–water partition coefficient (Wildman–Crippen LogP) is 3.31. The number of nitrogen functional groups attached to an aromatic ring is 1. The highest BCUT2D eigenvalue weighted by Gasteiger charge is 2.09. The SMILES string of the molecule is Cc1sc(N)nc1-c1ccc2[nH]c(O)cc2c1.Cl. The molecule has 0 spiro atoms. The van der Waals surface area contributed by atoms with Crippen molar-refractivity contribution in [3.63, 3.8) is 0 Å². The van der Waals surface area contributed by atoms with E-state index in [1.54, 1.807) is 6.07 Å². The van der Waals surface area contributed by atoms with Gasteiger partial charge in [-0.1, -0.05) is 6.07 Å². The minimum atomic E-state index is 0. The quantitative estimate of drug-likeness (QED) is 0.640. The van der Waals surface area contributed by atoms with Crippen molar-refractivity contribution in [2.24, 2.45) is 0 Å². The Balaban J connectivity index is 0.00000120. The van der Waals surface area contributed by atoms with E-state index in [1.807, 2.05) is 25.1 Å². The second kappa shape index (κ2) is 4.51. The first kappa shape index (κ1) is 12.7. The molecule has 0 fully saturated rings. The molecule has 1 aromatic carbocycles. The minimum Gasteiger partial charge on any atom is -0.495 e. The fourth-order valence-corrected chi connectivity index (χ4v) is 2.66. The lowest BCUT2D eigenvalue weighted by Gasteiger charge is -1.98. The monoisotopic (exact) mass is 281 g/mol. The lowest BCUT2D eigenvalue weighted by atomic mass is 10.1. The van der Waals surface area contributed by atoms with Gasteiger partial charge in [-0.3, -0.25) is 0 Å². The van der Waals surface area contributed by atoms with Gasteiger partial charge in [-0.05, 0) is 19.1 Å². The molecule has 6 heteroatoms. The Morgan fingerprint density at radius 1 is 1.33 bits per heavy atom. The number of halogens is 1. The van der Waals surface area contributed by atoms with Crippen molar-refractivity contribution >= 4 is 39.8 Å². The number of thiazole rings is 1. The number of aromatic hydroxyl groups is 1. The number of aryl methyl sites for hydroxylation is 1. The Bertz CT molecular complexity index is 704. The molecule has 3 aromatic rings. The molecule has 0 aliphatic rings. The number of aromatic nitrogens is 2. The van der Waals surface area contributed by atoms with Crippen molar-refractivity contribution in [3.8, 4) is 17.1 Å². The molecule has 0 amide bonds. The second-order valence-corrected chi connectivity index (χ2v) is 5.15. The maximum atomic E-state index is 9.39. The molecule has 0 bridgehead atoms. The van der Waals surface area contributed by atoms with E-state index in [0.717, 1.165) is 27.0 Å². The summed E-state index contributed by atoms with van der Waals surface area (Å²) in [6.07, 6.45) is 0. The van der Waals surface area contributed by atoms with Gasteiger partial charge in [-0.15, -0.1) is 23.7 Å². The van der Waals surface area contributed by atoms with Crippen LogP contribution in [0, 0.1) is 6.92 Å². The topological polar surface area (TPSA) is 74.9 Å². The molecule has 4 N–H and O–H groups in total. The first-order chi connectivity index (χ1) is 8.13. The summed E-state index contributed by atoms with van der Waals surface area (Å²) in [4.78, 5) is 8.29. The number of rotatable bonds is 1. The summed E-state index contributed by atoms with van der Waals surface area (Å²) >= 11 is 1.48. The van der Waals surface area contributed by atoms with E-state index in [9.17, 15) is 5.11 Å². The molecule has 3 rings (SSSR count). The molecular formula is C12H12ClN3OS. The van der Waals surface area contributed by atoms with Crippen molar-refractivity contribution < 1.29 is 5.11 Å². The fourth-order valence-electron chi connectivity index (χ4n) is 1.95. The molecule has 0 unspecified atom stereocenters.